The fourth-order valence-corrected chi connectivity index (χ4v) is 0.675. The molecule has 4 nitrogen and oxygen atoms in total. The zero-order valence-electron chi connectivity index (χ0n) is 5.83. The molecule has 1 N–H and O–H groups in total. The molecule has 0 saturated heterocycles. The van der Waals surface area contributed by atoms with Crippen molar-refractivity contribution in [2.24, 2.45) is 0 Å². The van der Waals surface area contributed by atoms with Crippen molar-refractivity contribution >= 4 is 5.78 Å². The number of Topliss-reactive ketones (excluding diaryl/α,β-unsaturated/α-hetero) is 1. The van der Waals surface area contributed by atoms with Crippen LogP contribution in [-0.4, -0.2) is 10.9 Å². The first-order chi connectivity index (χ1) is 5.11. The van der Waals surface area contributed by atoms with E-state index in [0.717, 1.165) is 6.07 Å². The van der Waals surface area contributed by atoms with Gasteiger partial charge < -0.3 is 9.52 Å². The molecular formula is C7H6O4. The van der Waals surface area contributed by atoms with Crippen LogP contribution in [-0.2, 0) is 0 Å². The van der Waals surface area contributed by atoms with E-state index >= 15 is 0 Å². The van der Waals surface area contributed by atoms with Crippen LogP contribution in [0.25, 0.3) is 0 Å². The van der Waals surface area contributed by atoms with E-state index in [1.54, 1.807) is 0 Å². The van der Waals surface area contributed by atoms with Gasteiger partial charge in [-0.15, -0.1) is 0 Å². The molecule has 0 saturated carbocycles. The Balaban J connectivity index is 3.31. The number of rotatable bonds is 1. The van der Waals surface area contributed by atoms with Gasteiger partial charge in [0.25, 0.3) is 5.95 Å². The predicted molar refractivity (Wildman–Crippen MR) is 36.6 cm³/mol. The van der Waals surface area contributed by atoms with Crippen molar-refractivity contribution < 1.29 is 14.3 Å². The second-order valence-electron chi connectivity index (χ2n) is 2.03. The summed E-state index contributed by atoms with van der Waals surface area (Å²) in [7, 11) is 0. The van der Waals surface area contributed by atoms with E-state index in [4.69, 9.17) is 5.11 Å². The quantitative estimate of drug-likeness (QED) is 0.599. The van der Waals surface area contributed by atoms with Crippen LogP contribution in [0.4, 0.5) is 0 Å². The molecule has 58 valence electrons. The van der Waals surface area contributed by atoms with Crippen LogP contribution in [0.2, 0.25) is 0 Å². The summed E-state index contributed by atoms with van der Waals surface area (Å²) in [5.74, 6) is -0.962. The fraction of sp³-hybridized carbons (Fsp3) is 0.143. The molecule has 0 aromatic carbocycles. The summed E-state index contributed by atoms with van der Waals surface area (Å²) >= 11 is 0. The molecule has 0 radical (unpaired) electrons. The Morgan fingerprint density at radius 3 is 2.64 bits per heavy atom. The van der Waals surface area contributed by atoms with E-state index in [1.165, 1.54) is 13.0 Å². The maximum absolute atomic E-state index is 10.7. The van der Waals surface area contributed by atoms with Crippen LogP contribution < -0.4 is 5.63 Å². The SMILES string of the molecule is CC(=O)c1ccc(=O)oc1O. The van der Waals surface area contributed by atoms with E-state index in [2.05, 4.69) is 4.42 Å². The van der Waals surface area contributed by atoms with Crippen molar-refractivity contribution in [1.29, 1.82) is 0 Å². The summed E-state index contributed by atoms with van der Waals surface area (Å²) in [5, 5.41) is 8.87. The summed E-state index contributed by atoms with van der Waals surface area (Å²) < 4.78 is 4.25. The Hall–Kier alpha value is -1.58. The zero-order chi connectivity index (χ0) is 8.43. The molecule has 11 heavy (non-hydrogen) atoms. The van der Waals surface area contributed by atoms with Gasteiger partial charge in [-0.25, -0.2) is 4.79 Å². The lowest BCUT2D eigenvalue weighted by atomic mass is 10.2. The lowest BCUT2D eigenvalue weighted by molar-refractivity contribution is 0.101. The molecule has 0 spiro atoms. The van der Waals surface area contributed by atoms with Crippen molar-refractivity contribution in [3.05, 3.63) is 28.1 Å². The summed E-state index contributed by atoms with van der Waals surface area (Å²) in [4.78, 5) is 21.1. The highest BCUT2D eigenvalue weighted by atomic mass is 16.5. The van der Waals surface area contributed by atoms with Crippen LogP contribution in [0.5, 0.6) is 5.95 Å². The van der Waals surface area contributed by atoms with Crippen LogP contribution >= 0.6 is 0 Å². The normalized spacial score (nSPS) is 9.55. The van der Waals surface area contributed by atoms with Crippen molar-refractivity contribution in [2.45, 2.75) is 6.92 Å². The number of hydrogen-bond donors (Lipinski definition) is 1. The van der Waals surface area contributed by atoms with Crippen LogP contribution in [0, 0.1) is 0 Å². The molecule has 0 amide bonds. The third-order valence-electron chi connectivity index (χ3n) is 1.19. The molecule has 0 fully saturated rings. The second-order valence-corrected chi connectivity index (χ2v) is 2.03. The fourth-order valence-electron chi connectivity index (χ4n) is 0.675. The first-order valence-electron chi connectivity index (χ1n) is 2.95. The van der Waals surface area contributed by atoms with Crippen molar-refractivity contribution in [3.63, 3.8) is 0 Å². The Bertz CT molecular complexity index is 337. The molecule has 0 aliphatic carbocycles. The van der Waals surface area contributed by atoms with E-state index < -0.39 is 11.6 Å². The van der Waals surface area contributed by atoms with Gasteiger partial charge in [0.2, 0.25) is 0 Å². The van der Waals surface area contributed by atoms with E-state index in [-0.39, 0.29) is 11.3 Å². The Kier molecular flexibility index (Phi) is 1.76. The highest BCUT2D eigenvalue weighted by Gasteiger charge is 2.07. The molecule has 0 aliphatic rings. The van der Waals surface area contributed by atoms with Gasteiger partial charge in [0.05, 0.1) is 5.56 Å². The molecular weight excluding hydrogens is 148 g/mol. The first-order valence-corrected chi connectivity index (χ1v) is 2.95. The second kappa shape index (κ2) is 2.57. The number of hydrogen-bond acceptors (Lipinski definition) is 4. The standard InChI is InChI=1S/C7H6O4/c1-4(8)5-2-3-6(9)11-7(5)10/h2-3,10H,1H3. The highest BCUT2D eigenvalue weighted by Crippen LogP contribution is 2.12. The van der Waals surface area contributed by atoms with Gasteiger partial charge >= 0.3 is 5.63 Å². The van der Waals surface area contributed by atoms with Gasteiger partial charge in [-0.2, -0.15) is 0 Å². The summed E-state index contributed by atoms with van der Waals surface area (Å²) in [6.07, 6.45) is 0. The summed E-state index contributed by atoms with van der Waals surface area (Å²) in [6.45, 7) is 1.27. The molecule has 0 atom stereocenters. The lowest BCUT2D eigenvalue weighted by Gasteiger charge is -1.94. The average molecular weight is 154 g/mol. The van der Waals surface area contributed by atoms with Gasteiger partial charge in [0, 0.05) is 6.07 Å². The van der Waals surface area contributed by atoms with Gasteiger partial charge in [-0.3, -0.25) is 4.79 Å². The first kappa shape index (κ1) is 7.53. The lowest BCUT2D eigenvalue weighted by Crippen LogP contribution is -2.00. The minimum atomic E-state index is -0.674. The van der Waals surface area contributed by atoms with E-state index in [0.29, 0.717) is 0 Å². The number of carbonyl (C=O) groups is 1. The topological polar surface area (TPSA) is 67.5 Å². The number of ketones is 1. The predicted octanol–water partition coefficient (Wildman–Crippen LogP) is 0.548. The number of aromatic hydroxyl groups is 1. The molecule has 1 aromatic heterocycles. The maximum Gasteiger partial charge on any atom is 0.338 e. The molecule has 1 rings (SSSR count). The van der Waals surface area contributed by atoms with Crippen LogP contribution in [0.3, 0.4) is 0 Å². The molecule has 1 aromatic rings. The van der Waals surface area contributed by atoms with Crippen molar-refractivity contribution in [1.82, 2.24) is 0 Å². The third kappa shape index (κ3) is 1.46. The largest absolute Gasteiger partial charge is 0.480 e. The Morgan fingerprint density at radius 2 is 2.18 bits per heavy atom. The highest BCUT2D eigenvalue weighted by molar-refractivity contribution is 5.95. The number of carbonyl (C=O) groups excluding carboxylic acids is 1. The molecule has 0 aliphatic heterocycles. The monoisotopic (exact) mass is 154 g/mol. The maximum atomic E-state index is 10.7. The summed E-state index contributed by atoms with van der Waals surface area (Å²) in [6, 6.07) is 2.31. The van der Waals surface area contributed by atoms with Gasteiger partial charge in [0.15, 0.2) is 5.78 Å². The van der Waals surface area contributed by atoms with Gasteiger partial charge in [-0.1, -0.05) is 0 Å². The summed E-state index contributed by atoms with van der Waals surface area (Å²) in [5.41, 5.74) is -0.655. The van der Waals surface area contributed by atoms with Crippen LogP contribution in [0.15, 0.2) is 21.3 Å². The molecule has 0 bridgehead atoms. The van der Waals surface area contributed by atoms with Gasteiger partial charge in [-0.05, 0) is 13.0 Å². The zero-order valence-corrected chi connectivity index (χ0v) is 5.83. The van der Waals surface area contributed by atoms with E-state index in [9.17, 15) is 9.59 Å². The molecule has 1 heterocycles. The molecule has 4 heteroatoms. The minimum absolute atomic E-state index is 0.0181. The third-order valence-corrected chi connectivity index (χ3v) is 1.19. The van der Waals surface area contributed by atoms with Gasteiger partial charge in [0.1, 0.15) is 0 Å². The van der Waals surface area contributed by atoms with E-state index in [1.807, 2.05) is 0 Å². The Labute approximate surface area is 62.1 Å². The average Bonchev–Trinajstić information content (AvgIpc) is 1.85. The Morgan fingerprint density at radius 1 is 1.55 bits per heavy atom. The van der Waals surface area contributed by atoms with Crippen molar-refractivity contribution in [3.8, 4) is 5.95 Å². The molecule has 0 unspecified atom stereocenters. The van der Waals surface area contributed by atoms with Crippen LogP contribution in [0.1, 0.15) is 17.3 Å². The smallest absolute Gasteiger partial charge is 0.338 e. The van der Waals surface area contributed by atoms with Crippen molar-refractivity contribution in [2.75, 3.05) is 0 Å². The minimum Gasteiger partial charge on any atom is -0.480 e.